The molecule has 2 unspecified atom stereocenters. The average Bonchev–Trinajstić information content (AvgIpc) is 2.34. The maximum Gasteiger partial charge on any atom is 0.0593 e. The van der Waals surface area contributed by atoms with Crippen LogP contribution in [-0.4, -0.2) is 22.0 Å². The highest BCUT2D eigenvalue weighted by molar-refractivity contribution is 5.53. The largest absolute Gasteiger partial charge is 0.398 e. The molecule has 0 aliphatic carbocycles. The van der Waals surface area contributed by atoms with Crippen LogP contribution < -0.4 is 5.73 Å². The second-order valence-electron chi connectivity index (χ2n) is 5.73. The zero-order valence-electron chi connectivity index (χ0n) is 12.0. The van der Waals surface area contributed by atoms with Crippen LogP contribution in [0.2, 0.25) is 0 Å². The van der Waals surface area contributed by atoms with E-state index in [1.54, 1.807) is 0 Å². The van der Waals surface area contributed by atoms with Crippen LogP contribution in [0.5, 0.6) is 0 Å². The lowest BCUT2D eigenvalue weighted by molar-refractivity contribution is 0.0936. The number of nitrogens with zero attached hydrogens (tertiary/aromatic N) is 2. The van der Waals surface area contributed by atoms with Crippen molar-refractivity contribution in [2.75, 3.05) is 5.73 Å². The highest BCUT2D eigenvalue weighted by atomic mass is 15.2. The number of rotatable bonds is 2. The van der Waals surface area contributed by atoms with Gasteiger partial charge in [0.25, 0.3) is 0 Å². The second-order valence-corrected chi connectivity index (χ2v) is 5.73. The van der Waals surface area contributed by atoms with E-state index >= 15 is 0 Å². The fourth-order valence-corrected chi connectivity index (χ4v) is 2.91. The number of nitrogen functional groups attached to an aromatic ring is 1. The Bertz CT molecular complexity index is 418. The molecule has 2 atom stereocenters. The number of hydrogen-bond acceptors (Lipinski definition) is 3. The van der Waals surface area contributed by atoms with Crippen molar-refractivity contribution in [1.82, 2.24) is 9.88 Å². The van der Waals surface area contributed by atoms with Crippen molar-refractivity contribution in [2.45, 2.75) is 65.6 Å². The van der Waals surface area contributed by atoms with Crippen LogP contribution in [0.3, 0.4) is 0 Å². The second kappa shape index (κ2) is 5.27. The predicted octanol–water partition coefficient (Wildman–Crippen LogP) is 3.04. The quantitative estimate of drug-likeness (QED) is 0.873. The van der Waals surface area contributed by atoms with Gasteiger partial charge in [-0.05, 0) is 51.7 Å². The van der Waals surface area contributed by atoms with E-state index in [1.165, 1.54) is 19.3 Å². The van der Waals surface area contributed by atoms with Crippen LogP contribution in [0.1, 0.15) is 49.9 Å². The van der Waals surface area contributed by atoms with Crippen LogP contribution in [0.25, 0.3) is 0 Å². The van der Waals surface area contributed by atoms with E-state index in [1.807, 2.05) is 13.1 Å². The summed E-state index contributed by atoms with van der Waals surface area (Å²) in [5.74, 6) is 0. The first-order valence-corrected chi connectivity index (χ1v) is 6.97. The minimum absolute atomic E-state index is 0.650. The van der Waals surface area contributed by atoms with Crippen molar-refractivity contribution in [3.63, 3.8) is 0 Å². The van der Waals surface area contributed by atoms with Gasteiger partial charge in [-0.1, -0.05) is 6.42 Å². The number of piperidine rings is 1. The molecule has 1 saturated heterocycles. The standard InChI is InChI=1S/C15H25N3/c1-10-8-17-14(13(4)15(10)16)9-18-11(2)6-5-7-12(18)3/h8,11-12H,5-7,9H2,1-4H3,(H2,16,17). The Kier molecular flexibility index (Phi) is 3.91. The molecule has 1 aliphatic rings. The zero-order valence-corrected chi connectivity index (χ0v) is 12.0. The van der Waals surface area contributed by atoms with Crippen molar-refractivity contribution in [1.29, 1.82) is 0 Å². The minimum Gasteiger partial charge on any atom is -0.398 e. The Labute approximate surface area is 110 Å². The zero-order chi connectivity index (χ0) is 13.3. The fraction of sp³-hybridized carbons (Fsp3) is 0.667. The number of aromatic nitrogens is 1. The molecule has 0 amide bonds. The molecular weight excluding hydrogens is 222 g/mol. The summed E-state index contributed by atoms with van der Waals surface area (Å²) in [6, 6.07) is 1.30. The van der Waals surface area contributed by atoms with Gasteiger partial charge in [-0.25, -0.2) is 0 Å². The van der Waals surface area contributed by atoms with Crippen molar-refractivity contribution in [2.24, 2.45) is 0 Å². The SMILES string of the molecule is Cc1cnc(CN2C(C)CCCC2C)c(C)c1N. The number of anilines is 1. The van der Waals surface area contributed by atoms with Crippen LogP contribution in [0.15, 0.2) is 6.20 Å². The maximum absolute atomic E-state index is 6.10. The van der Waals surface area contributed by atoms with Crippen molar-refractivity contribution in [3.05, 3.63) is 23.0 Å². The van der Waals surface area contributed by atoms with Gasteiger partial charge in [0, 0.05) is 30.5 Å². The summed E-state index contributed by atoms with van der Waals surface area (Å²) in [6.45, 7) is 9.68. The molecule has 2 N–H and O–H groups in total. The van der Waals surface area contributed by atoms with Gasteiger partial charge in [0.2, 0.25) is 0 Å². The van der Waals surface area contributed by atoms with Gasteiger partial charge in [-0.15, -0.1) is 0 Å². The molecule has 0 saturated carbocycles. The van der Waals surface area contributed by atoms with E-state index in [-0.39, 0.29) is 0 Å². The third kappa shape index (κ3) is 2.51. The van der Waals surface area contributed by atoms with E-state index in [4.69, 9.17) is 5.73 Å². The van der Waals surface area contributed by atoms with Gasteiger partial charge < -0.3 is 5.73 Å². The van der Waals surface area contributed by atoms with Crippen molar-refractivity contribution in [3.8, 4) is 0 Å². The van der Waals surface area contributed by atoms with E-state index in [0.29, 0.717) is 12.1 Å². The summed E-state index contributed by atoms with van der Waals surface area (Å²) < 4.78 is 0. The number of nitrogens with two attached hydrogens (primary N) is 1. The molecule has 0 radical (unpaired) electrons. The number of likely N-dealkylation sites (tertiary alicyclic amines) is 1. The van der Waals surface area contributed by atoms with Gasteiger partial charge in [0.1, 0.15) is 0 Å². The molecule has 0 aromatic carbocycles. The fourth-order valence-electron chi connectivity index (χ4n) is 2.91. The normalized spacial score (nSPS) is 25.3. The van der Waals surface area contributed by atoms with Crippen LogP contribution in [-0.2, 0) is 6.54 Å². The third-order valence-electron chi connectivity index (χ3n) is 4.38. The number of pyridine rings is 1. The first-order valence-electron chi connectivity index (χ1n) is 6.97. The summed E-state index contributed by atoms with van der Waals surface area (Å²) in [7, 11) is 0. The molecule has 2 heterocycles. The highest BCUT2D eigenvalue weighted by Gasteiger charge is 2.25. The molecule has 1 aromatic heterocycles. The highest BCUT2D eigenvalue weighted by Crippen LogP contribution is 2.26. The lowest BCUT2D eigenvalue weighted by Crippen LogP contribution is -2.43. The molecule has 18 heavy (non-hydrogen) atoms. The molecule has 1 fully saturated rings. The average molecular weight is 247 g/mol. The molecule has 0 spiro atoms. The van der Waals surface area contributed by atoms with Gasteiger partial charge >= 0.3 is 0 Å². The molecule has 1 aliphatic heterocycles. The summed E-state index contributed by atoms with van der Waals surface area (Å²) in [4.78, 5) is 7.14. The van der Waals surface area contributed by atoms with E-state index in [0.717, 1.165) is 29.1 Å². The van der Waals surface area contributed by atoms with Gasteiger partial charge in [-0.3, -0.25) is 9.88 Å². The van der Waals surface area contributed by atoms with Gasteiger partial charge in [-0.2, -0.15) is 0 Å². The Morgan fingerprint density at radius 3 is 2.50 bits per heavy atom. The molecule has 2 rings (SSSR count). The number of aryl methyl sites for hydroxylation is 1. The van der Waals surface area contributed by atoms with E-state index in [2.05, 4.69) is 30.7 Å². The van der Waals surface area contributed by atoms with E-state index in [9.17, 15) is 0 Å². The molecule has 0 bridgehead atoms. The summed E-state index contributed by atoms with van der Waals surface area (Å²) in [6.07, 6.45) is 5.84. The lowest BCUT2D eigenvalue weighted by Gasteiger charge is -2.39. The first-order chi connectivity index (χ1) is 8.50. The Morgan fingerprint density at radius 2 is 1.89 bits per heavy atom. The Balaban J connectivity index is 2.20. The lowest BCUT2D eigenvalue weighted by atomic mass is 9.96. The van der Waals surface area contributed by atoms with Gasteiger partial charge in [0.05, 0.1) is 5.69 Å². The van der Waals surface area contributed by atoms with Crippen LogP contribution in [0, 0.1) is 13.8 Å². The maximum atomic E-state index is 6.10. The van der Waals surface area contributed by atoms with Crippen molar-refractivity contribution < 1.29 is 0 Å². The monoisotopic (exact) mass is 247 g/mol. The molecular formula is C15H25N3. The number of hydrogen-bond donors (Lipinski definition) is 1. The minimum atomic E-state index is 0.650. The molecule has 100 valence electrons. The molecule has 3 heteroatoms. The van der Waals surface area contributed by atoms with Crippen LogP contribution >= 0.6 is 0 Å². The predicted molar refractivity (Wildman–Crippen MR) is 76.4 cm³/mol. The Hall–Kier alpha value is -1.09. The topological polar surface area (TPSA) is 42.2 Å². The molecule has 1 aromatic rings. The van der Waals surface area contributed by atoms with Gasteiger partial charge in [0.15, 0.2) is 0 Å². The summed E-state index contributed by atoms with van der Waals surface area (Å²) >= 11 is 0. The van der Waals surface area contributed by atoms with Crippen molar-refractivity contribution >= 4 is 5.69 Å². The summed E-state index contributed by atoms with van der Waals surface area (Å²) in [5.41, 5.74) is 10.4. The molecule has 3 nitrogen and oxygen atoms in total. The Morgan fingerprint density at radius 1 is 1.28 bits per heavy atom. The van der Waals surface area contributed by atoms with E-state index < -0.39 is 0 Å². The first kappa shape index (κ1) is 13.3. The smallest absolute Gasteiger partial charge is 0.0593 e. The third-order valence-corrected chi connectivity index (χ3v) is 4.38. The van der Waals surface area contributed by atoms with Crippen LogP contribution in [0.4, 0.5) is 5.69 Å². The summed E-state index contributed by atoms with van der Waals surface area (Å²) in [5, 5.41) is 0.